The summed E-state index contributed by atoms with van der Waals surface area (Å²) < 4.78 is 367. The Balaban J connectivity index is -0.000000288. The number of likely N-dealkylation sites (N-methyl/N-ethyl adjacent to an activating group) is 2. The summed E-state index contributed by atoms with van der Waals surface area (Å²) in [6.45, 7) is -2.83. The number of carboxylic acids is 4. The van der Waals surface area contributed by atoms with E-state index < -0.39 is 333 Å². The van der Waals surface area contributed by atoms with E-state index in [-0.39, 0.29) is 123 Å². The van der Waals surface area contributed by atoms with Gasteiger partial charge in [-0.05, 0) is 14.1 Å². The van der Waals surface area contributed by atoms with Gasteiger partial charge in [-0.2, -0.15) is 72.6 Å². The van der Waals surface area contributed by atoms with Gasteiger partial charge in [0.15, 0.2) is 24.4 Å². The van der Waals surface area contributed by atoms with E-state index in [1.54, 1.807) is 14.1 Å². The van der Waals surface area contributed by atoms with Crippen LogP contribution < -0.4 is 24.8 Å². The lowest BCUT2D eigenvalue weighted by atomic mass is 10.0. The summed E-state index contributed by atoms with van der Waals surface area (Å²) in [5.41, 5.74) is 0. The monoisotopic (exact) mass is 2340 g/mol. The quantitative estimate of drug-likeness (QED) is 0.00700. The summed E-state index contributed by atoms with van der Waals surface area (Å²) in [5, 5.41) is 131. The normalized spacial score (nSPS) is 29.5. The Hall–Kier alpha value is -4.94. The van der Waals surface area contributed by atoms with Gasteiger partial charge >= 0.3 is 113 Å². The van der Waals surface area contributed by atoms with Gasteiger partial charge in [-0.15, -0.1) is 0 Å². The fraction of sp³-hybridized carbons (Fsp3) is 0.870. The van der Waals surface area contributed by atoms with Crippen LogP contribution in [-0.2, 0) is 217 Å². The van der Waals surface area contributed by atoms with Gasteiger partial charge in [0.1, 0.15) is 30.2 Å². The third-order valence-electron chi connectivity index (χ3n) is 16.7. The van der Waals surface area contributed by atoms with E-state index in [0.29, 0.717) is 13.0 Å². The Bertz CT molecular complexity index is 4290. The summed E-state index contributed by atoms with van der Waals surface area (Å²) in [4.78, 5) is 55.2. The molecule has 0 radical (unpaired) electrons. The van der Waals surface area contributed by atoms with Gasteiger partial charge in [-0.25, -0.2) is 84.2 Å². The highest BCUT2D eigenvalue weighted by Gasteiger charge is 2.43. The van der Waals surface area contributed by atoms with Crippen molar-refractivity contribution in [2.75, 3.05) is 99.9 Å². The molecule has 8 fully saturated rings. The number of aliphatic hydroxyl groups excluding tert-OH is 9. The van der Waals surface area contributed by atoms with Crippen molar-refractivity contribution in [3.63, 3.8) is 0 Å². The first kappa shape index (κ1) is 150. The molecule has 8 heterocycles. The number of hydrogen-bond acceptors (Lipinski definition) is 53. The lowest BCUT2D eigenvalue weighted by Gasteiger charge is -2.32. The number of carbonyl (C=O) groups is 5. The maximum absolute atomic E-state index is 10.4. The molecule has 42 N–H and O–H groups in total. The number of hydrogen-bond donors (Lipinski definition) is 30. The van der Waals surface area contributed by atoms with Gasteiger partial charge in [0.05, 0.1) is 183 Å². The standard InChI is InChI=1S/C7H15NO6S.3C6H13NO8S2.4C6H10O8S.C5H9NO4.6H2O/c1-8-3-7-6(9)2-5(14-7)4-13-15(10,11)12;3*8-6-1-4(2-15-17(11,12)13)14-3-5(6)7-16(9)10;4*7-3-1-4(6(8)9)13-2-5(3)14-15(10,11)12;1-6-3-4(7)2-5(8)10-9;;;;;;/h5-9H,2-4H2,1H3,(H,10,11,12);3*4-8H,1-3H2,(H,9,10)(H,11,12,13);4*3-5,7H,1-2H2,(H,8,9)(H,10,11,12);2,6-7,9H,3H2,1H3;6*1H2/b;;;;;;;;4-2-;;;;;;. The molecule has 0 amide bonds. The minimum absolute atomic E-state index is 0. The largest absolute Gasteiger partial charge is 0.511 e. The molecule has 27 unspecified atom stereocenters. The predicted molar refractivity (Wildman–Crippen MR) is 450 cm³/mol. The van der Waals surface area contributed by atoms with Crippen LogP contribution >= 0.6 is 0 Å². The van der Waals surface area contributed by atoms with E-state index in [0.717, 1.165) is 6.08 Å². The highest BCUT2D eigenvalue weighted by molar-refractivity contribution is 7.82. The average Bonchev–Trinajstić information content (AvgIpc) is 1.11. The van der Waals surface area contributed by atoms with Gasteiger partial charge < -0.3 is 148 Å². The molecule has 8 aliphatic rings. The van der Waals surface area contributed by atoms with Crippen molar-refractivity contribution < 1.29 is 335 Å². The van der Waals surface area contributed by atoms with Crippen molar-refractivity contribution >= 4 is 147 Å². The molecular formula is C54H115N5O72S11. The van der Waals surface area contributed by atoms with Crippen molar-refractivity contribution in [2.45, 2.75) is 198 Å². The molecule has 0 aromatic heterocycles. The van der Waals surface area contributed by atoms with E-state index in [9.17, 15) is 145 Å². The zero-order chi connectivity index (χ0) is 105. The van der Waals surface area contributed by atoms with E-state index >= 15 is 0 Å². The van der Waals surface area contributed by atoms with E-state index in [1.165, 1.54) is 0 Å². The molecule has 0 aliphatic carbocycles. The number of carbonyl (C=O) groups excluding carboxylic acids is 1. The average molecular weight is 2340 g/mol. The molecule has 88 heteroatoms. The Morgan fingerprint density at radius 3 is 0.732 bits per heavy atom. The molecule has 0 bridgehead atoms. The highest BCUT2D eigenvalue weighted by atomic mass is 32.3. The SMILES string of the molecule is CNC/C(O)=C/C(=O)OO.CNCC1OC(COS(=O)(=O)O)CC1O.O.O.O.O.O.O.O=C(O)C1CC(O)C(OS(=O)(=O)O)CO1.O=C(O)C1CC(O)C(OS(=O)(=O)O)CO1.O=C(O)C1CC(O)C(OS(=O)(=O)O)CO1.O=C(O)C1CC(O)C(OS(=O)(=O)O)CO1.O=S(O)NC1COC(COS(=O)(=O)O)CC1O.O=S(O)NC1COC(COS(=O)(=O)O)CC1O.O=S(O)NC1COC(COS(=O)(=O)O)CC1O. The number of nitrogens with one attached hydrogen (secondary N) is 5. The molecule has 27 atom stereocenters. The molecule has 854 valence electrons. The molecule has 8 rings (SSSR count). The second-order valence-electron chi connectivity index (χ2n) is 27.4. The molecule has 0 aromatic rings. The minimum atomic E-state index is -4.68. The molecule has 0 spiro atoms. The van der Waals surface area contributed by atoms with E-state index in [1.807, 2.05) is 0 Å². The van der Waals surface area contributed by atoms with E-state index in [2.05, 4.69) is 63.2 Å². The van der Waals surface area contributed by atoms with Crippen LogP contribution in [0, 0.1) is 0 Å². The fourth-order valence-corrected chi connectivity index (χ4v) is 15.4. The summed E-state index contributed by atoms with van der Waals surface area (Å²) in [5.74, 6) is -6.19. The van der Waals surface area contributed by atoms with Crippen LogP contribution in [0.15, 0.2) is 11.8 Å². The van der Waals surface area contributed by atoms with Gasteiger partial charge in [0.25, 0.3) is 0 Å². The maximum Gasteiger partial charge on any atom is 0.397 e. The maximum atomic E-state index is 10.4. The van der Waals surface area contributed by atoms with Crippen LogP contribution in [0.2, 0.25) is 0 Å². The highest BCUT2D eigenvalue weighted by Crippen LogP contribution is 2.26. The first-order chi connectivity index (χ1) is 62.1. The Labute approximate surface area is 811 Å². The Morgan fingerprint density at radius 2 is 0.556 bits per heavy atom. The van der Waals surface area contributed by atoms with Crippen molar-refractivity contribution in [3.8, 4) is 0 Å². The van der Waals surface area contributed by atoms with Gasteiger partial charge in [0, 0.05) is 57.9 Å². The number of aliphatic carboxylic acids is 4. The number of ether oxygens (including phenoxy) is 8. The Kier molecular flexibility index (Phi) is 75.7. The fourth-order valence-electron chi connectivity index (χ4n) is 10.7. The minimum Gasteiger partial charge on any atom is -0.511 e. The second kappa shape index (κ2) is 71.7. The number of rotatable bonds is 35. The van der Waals surface area contributed by atoms with Crippen LogP contribution in [0.5, 0.6) is 0 Å². The van der Waals surface area contributed by atoms with Gasteiger partial charge in [-0.1, -0.05) is 0 Å². The summed E-state index contributed by atoms with van der Waals surface area (Å²) in [7, 11) is -33.5. The molecule has 0 aromatic carbocycles. The smallest absolute Gasteiger partial charge is 0.397 e. The van der Waals surface area contributed by atoms with Crippen LogP contribution in [0.4, 0.5) is 0 Å². The van der Waals surface area contributed by atoms with Crippen LogP contribution in [0.25, 0.3) is 0 Å². The predicted octanol–water partition coefficient (Wildman–Crippen LogP) is -19.0. The topological polar surface area (TPSA) is 1320 Å². The third kappa shape index (κ3) is 73.2. The van der Waals surface area contributed by atoms with Crippen molar-refractivity contribution in [2.24, 2.45) is 0 Å². The van der Waals surface area contributed by atoms with Crippen molar-refractivity contribution in [3.05, 3.63) is 11.8 Å². The number of aliphatic hydroxyl groups is 9. The number of carboxylic acid groups (broad SMARTS) is 4. The van der Waals surface area contributed by atoms with E-state index in [4.69, 9.17) is 119 Å². The molecule has 8 aliphatic heterocycles. The van der Waals surface area contributed by atoms with Crippen LogP contribution in [-0.4, -0.2) is 511 Å². The molecular weight excluding hydrogens is 2220 g/mol. The van der Waals surface area contributed by atoms with Gasteiger partial charge in [0.2, 0.25) is 33.8 Å². The van der Waals surface area contributed by atoms with Crippen molar-refractivity contribution in [1.82, 2.24) is 24.8 Å². The summed E-state index contributed by atoms with van der Waals surface area (Å²) in [6.07, 6.45) is -21.8. The summed E-state index contributed by atoms with van der Waals surface area (Å²) in [6, 6.07) is -2.16. The Morgan fingerprint density at radius 1 is 0.331 bits per heavy atom. The van der Waals surface area contributed by atoms with Gasteiger partial charge in [-0.3, -0.25) is 55.0 Å². The molecule has 0 saturated carbocycles. The zero-order valence-corrected chi connectivity index (χ0v) is 81.2. The summed E-state index contributed by atoms with van der Waals surface area (Å²) >= 11 is -6.81. The van der Waals surface area contributed by atoms with Crippen LogP contribution in [0.1, 0.15) is 51.4 Å². The van der Waals surface area contributed by atoms with Crippen molar-refractivity contribution in [1.29, 1.82) is 0 Å². The first-order valence-electron chi connectivity index (χ1n) is 36.7. The lowest BCUT2D eigenvalue weighted by molar-refractivity contribution is -0.228. The lowest BCUT2D eigenvalue weighted by Crippen LogP contribution is -2.51. The van der Waals surface area contributed by atoms with Crippen LogP contribution in [0.3, 0.4) is 0 Å². The third-order valence-corrected chi connectivity index (χ3v) is 21.9. The molecule has 77 nitrogen and oxygen atoms in total. The second-order valence-corrected chi connectivity index (χ2v) is 38.1. The first-order valence-corrected chi connectivity index (χ1v) is 50.9. The molecule has 142 heavy (non-hydrogen) atoms. The molecule has 8 saturated heterocycles. The zero-order valence-electron chi connectivity index (χ0n) is 72.2.